The van der Waals surface area contributed by atoms with Crippen molar-refractivity contribution in [2.45, 2.75) is 31.4 Å². The van der Waals surface area contributed by atoms with Crippen LogP contribution >= 0.6 is 0 Å². The maximum absolute atomic E-state index is 13.1. The van der Waals surface area contributed by atoms with Crippen LogP contribution in [0.4, 0.5) is 5.69 Å². The summed E-state index contributed by atoms with van der Waals surface area (Å²) in [6.45, 7) is 2.99. The molecule has 2 heterocycles. The molecule has 0 radical (unpaired) electrons. The maximum Gasteiger partial charge on any atom is 0.255 e. The summed E-state index contributed by atoms with van der Waals surface area (Å²) in [4.78, 5) is 27.9. The molecule has 2 aliphatic heterocycles. The summed E-state index contributed by atoms with van der Waals surface area (Å²) in [5.74, 6) is -0.539. The molecule has 2 saturated heterocycles. The van der Waals surface area contributed by atoms with Crippen LogP contribution in [0.25, 0.3) is 0 Å². The number of benzene rings is 2. The molecule has 1 N–H and O–H groups in total. The zero-order valence-corrected chi connectivity index (χ0v) is 20.1. The number of para-hydroxylation sites is 1. The molecule has 0 atom stereocenters. The van der Waals surface area contributed by atoms with Gasteiger partial charge in [-0.2, -0.15) is 4.31 Å². The molecule has 34 heavy (non-hydrogen) atoms. The number of rotatable bonds is 6. The van der Waals surface area contributed by atoms with Crippen LogP contribution in [-0.4, -0.2) is 68.8 Å². The molecule has 0 bridgehead atoms. The quantitative estimate of drug-likeness (QED) is 0.678. The highest BCUT2D eigenvalue weighted by molar-refractivity contribution is 7.88. The summed E-state index contributed by atoms with van der Waals surface area (Å²) in [5.41, 5.74) is 1.95. The summed E-state index contributed by atoms with van der Waals surface area (Å²) < 4.78 is 31.9. The van der Waals surface area contributed by atoms with E-state index in [0.29, 0.717) is 48.7 Å². The topological polar surface area (TPSA) is 96.0 Å². The van der Waals surface area contributed by atoms with Gasteiger partial charge >= 0.3 is 0 Å². The van der Waals surface area contributed by atoms with E-state index >= 15 is 0 Å². The van der Waals surface area contributed by atoms with Crippen molar-refractivity contribution >= 4 is 27.5 Å². The fourth-order valence-electron chi connectivity index (χ4n) is 4.30. The van der Waals surface area contributed by atoms with E-state index in [-0.39, 0.29) is 17.6 Å². The van der Waals surface area contributed by atoms with Crippen LogP contribution < -0.4 is 5.32 Å². The van der Waals surface area contributed by atoms with Crippen molar-refractivity contribution in [3.05, 3.63) is 65.2 Å². The summed E-state index contributed by atoms with van der Waals surface area (Å²) in [5, 5.41) is 2.86. The first-order valence-electron chi connectivity index (χ1n) is 11.8. The third kappa shape index (κ3) is 6.02. The predicted octanol–water partition coefficient (Wildman–Crippen LogP) is 3.12. The molecule has 2 aromatic rings. The Morgan fingerprint density at radius 3 is 2.18 bits per heavy atom. The van der Waals surface area contributed by atoms with Crippen LogP contribution in [0.2, 0.25) is 0 Å². The lowest BCUT2D eigenvalue weighted by molar-refractivity contribution is 0.0729. The van der Waals surface area contributed by atoms with Gasteiger partial charge in [0.25, 0.3) is 11.8 Å². The zero-order chi connectivity index (χ0) is 24.0. The van der Waals surface area contributed by atoms with E-state index < -0.39 is 10.0 Å². The number of morpholine rings is 1. The summed E-state index contributed by atoms with van der Waals surface area (Å²) in [6.07, 6.45) is 4.25. The van der Waals surface area contributed by atoms with Crippen molar-refractivity contribution in [3.63, 3.8) is 0 Å². The first-order valence-corrected chi connectivity index (χ1v) is 13.4. The molecule has 0 aromatic heterocycles. The maximum atomic E-state index is 13.1. The molecule has 2 amide bonds. The largest absolute Gasteiger partial charge is 0.379 e. The first-order chi connectivity index (χ1) is 16.4. The summed E-state index contributed by atoms with van der Waals surface area (Å²) >= 11 is 0. The van der Waals surface area contributed by atoms with E-state index in [0.717, 1.165) is 38.8 Å². The number of sulfonamides is 1. The minimum Gasteiger partial charge on any atom is -0.379 e. The van der Waals surface area contributed by atoms with E-state index in [1.807, 2.05) is 4.90 Å². The smallest absolute Gasteiger partial charge is 0.255 e. The Balaban J connectivity index is 1.43. The lowest BCUT2D eigenvalue weighted by Crippen LogP contribution is -2.41. The Labute approximate surface area is 200 Å². The second kappa shape index (κ2) is 11.1. The van der Waals surface area contributed by atoms with Crippen LogP contribution in [0.15, 0.2) is 48.5 Å². The summed E-state index contributed by atoms with van der Waals surface area (Å²) in [7, 11) is -3.44. The Morgan fingerprint density at radius 1 is 0.853 bits per heavy atom. The number of carbonyl (C=O) groups is 2. The number of carbonyl (C=O) groups excluding carboxylic acids is 2. The van der Waals surface area contributed by atoms with Gasteiger partial charge < -0.3 is 15.0 Å². The molecule has 0 spiro atoms. The van der Waals surface area contributed by atoms with Gasteiger partial charge in [0.05, 0.1) is 30.2 Å². The van der Waals surface area contributed by atoms with Gasteiger partial charge in [0.1, 0.15) is 0 Å². The standard InChI is InChI=1S/C25H31N3O5S/c29-24(21-11-9-20(10-12-21)19-34(31,32)28-15-17-33-18-16-28)26-23-8-4-3-7-22(23)25(30)27-13-5-1-2-6-14-27/h3-4,7-12H,1-2,5-6,13-19H2,(H,26,29). The molecule has 0 aliphatic carbocycles. The van der Waals surface area contributed by atoms with Gasteiger partial charge in [-0.05, 0) is 42.7 Å². The Kier molecular flexibility index (Phi) is 7.97. The van der Waals surface area contributed by atoms with Crippen LogP contribution in [0.5, 0.6) is 0 Å². The average molecular weight is 486 g/mol. The number of nitrogens with one attached hydrogen (secondary N) is 1. The van der Waals surface area contributed by atoms with Gasteiger partial charge in [0, 0.05) is 31.7 Å². The molecule has 9 heteroatoms. The van der Waals surface area contributed by atoms with E-state index in [1.165, 1.54) is 4.31 Å². The SMILES string of the molecule is O=C(Nc1ccccc1C(=O)N1CCCCCC1)c1ccc(CS(=O)(=O)N2CCOCC2)cc1. The molecule has 2 aromatic carbocycles. The van der Waals surface area contributed by atoms with Crippen molar-refractivity contribution < 1.29 is 22.7 Å². The number of anilines is 1. The summed E-state index contributed by atoms with van der Waals surface area (Å²) in [6, 6.07) is 13.6. The van der Waals surface area contributed by atoms with E-state index in [4.69, 9.17) is 4.74 Å². The fourth-order valence-corrected chi connectivity index (χ4v) is 5.80. The Bertz CT molecular complexity index is 1100. The molecule has 0 unspecified atom stereocenters. The fraction of sp³-hybridized carbons (Fsp3) is 0.440. The molecule has 182 valence electrons. The lowest BCUT2D eigenvalue weighted by atomic mass is 10.1. The monoisotopic (exact) mass is 485 g/mol. The predicted molar refractivity (Wildman–Crippen MR) is 130 cm³/mol. The Morgan fingerprint density at radius 2 is 1.50 bits per heavy atom. The second-order valence-electron chi connectivity index (χ2n) is 8.67. The number of ether oxygens (including phenoxy) is 1. The van der Waals surface area contributed by atoms with Crippen molar-refractivity contribution in [1.82, 2.24) is 9.21 Å². The Hall–Kier alpha value is -2.75. The van der Waals surface area contributed by atoms with Crippen LogP contribution in [0, 0.1) is 0 Å². The number of hydrogen-bond donors (Lipinski definition) is 1. The number of likely N-dealkylation sites (tertiary alicyclic amines) is 1. The first kappa shape index (κ1) is 24.4. The van der Waals surface area contributed by atoms with Crippen molar-refractivity contribution in [2.75, 3.05) is 44.7 Å². The number of nitrogens with zero attached hydrogens (tertiary/aromatic N) is 2. The van der Waals surface area contributed by atoms with Crippen LogP contribution in [0.1, 0.15) is 52.0 Å². The van der Waals surface area contributed by atoms with E-state index in [2.05, 4.69) is 5.32 Å². The second-order valence-corrected chi connectivity index (χ2v) is 10.6. The minimum atomic E-state index is -3.44. The number of amides is 2. The highest BCUT2D eigenvalue weighted by atomic mass is 32.2. The molecule has 8 nitrogen and oxygen atoms in total. The van der Waals surface area contributed by atoms with Crippen molar-refractivity contribution in [3.8, 4) is 0 Å². The molecular formula is C25H31N3O5S. The van der Waals surface area contributed by atoms with Gasteiger partial charge in [-0.3, -0.25) is 9.59 Å². The lowest BCUT2D eigenvalue weighted by Gasteiger charge is -2.26. The zero-order valence-electron chi connectivity index (χ0n) is 19.2. The number of hydrogen-bond acceptors (Lipinski definition) is 5. The normalized spacial score (nSPS) is 17.7. The van der Waals surface area contributed by atoms with Crippen molar-refractivity contribution in [2.24, 2.45) is 0 Å². The van der Waals surface area contributed by atoms with Crippen LogP contribution in [-0.2, 0) is 20.5 Å². The highest BCUT2D eigenvalue weighted by Gasteiger charge is 2.25. The molecule has 4 rings (SSSR count). The average Bonchev–Trinajstić information content (AvgIpc) is 3.14. The van der Waals surface area contributed by atoms with Gasteiger partial charge in [0.15, 0.2) is 0 Å². The highest BCUT2D eigenvalue weighted by Crippen LogP contribution is 2.21. The third-order valence-corrected chi connectivity index (χ3v) is 8.08. The van der Waals surface area contributed by atoms with Gasteiger partial charge in [-0.15, -0.1) is 0 Å². The molecule has 2 fully saturated rings. The minimum absolute atomic E-state index is 0.0681. The molecule has 0 saturated carbocycles. The molecular weight excluding hydrogens is 454 g/mol. The van der Waals surface area contributed by atoms with Gasteiger partial charge in [-0.25, -0.2) is 8.42 Å². The van der Waals surface area contributed by atoms with E-state index in [1.54, 1.807) is 48.5 Å². The third-order valence-electron chi connectivity index (χ3n) is 6.23. The van der Waals surface area contributed by atoms with Gasteiger partial charge in [-0.1, -0.05) is 37.1 Å². The van der Waals surface area contributed by atoms with Crippen LogP contribution in [0.3, 0.4) is 0 Å². The van der Waals surface area contributed by atoms with Crippen molar-refractivity contribution in [1.29, 1.82) is 0 Å². The van der Waals surface area contributed by atoms with E-state index in [9.17, 15) is 18.0 Å². The van der Waals surface area contributed by atoms with Gasteiger partial charge in [0.2, 0.25) is 10.0 Å². The molecule has 2 aliphatic rings.